The first-order chi connectivity index (χ1) is 19.1. The largest absolute Gasteiger partial charge is 0.372 e. The molecule has 0 radical (unpaired) electrons. The van der Waals surface area contributed by atoms with E-state index in [1.54, 1.807) is 19.1 Å². The highest BCUT2D eigenvalue weighted by Gasteiger charge is 2.28. The Bertz CT molecular complexity index is 1370. The lowest BCUT2D eigenvalue weighted by molar-refractivity contribution is 0.428. The number of azo groups is 2. The SMILES string of the molecule is CCCCSc1c(F)c(F)c(N=Nc2c(F)c(F)c(N=Nc3ccc(N(CC)CC)cc3)c(F)c2F)c(F)c1F. The van der Waals surface area contributed by atoms with Crippen LogP contribution in [0.5, 0.6) is 0 Å². The first-order valence-corrected chi connectivity index (χ1v) is 13.1. The molecule has 0 saturated heterocycles. The number of rotatable bonds is 11. The van der Waals surface area contributed by atoms with E-state index in [2.05, 4.69) is 20.5 Å². The van der Waals surface area contributed by atoms with Gasteiger partial charge in [-0.05, 0) is 50.3 Å². The first kappa shape index (κ1) is 31.0. The number of anilines is 1. The molecule has 0 aliphatic rings. The molecule has 0 fully saturated rings. The number of unbranched alkanes of at least 4 members (excludes halogenated alkanes) is 1. The fraction of sp³-hybridized carbons (Fsp3) is 0.308. The van der Waals surface area contributed by atoms with Gasteiger partial charge in [0.25, 0.3) is 0 Å². The minimum absolute atomic E-state index is 0.116. The average molecular weight is 590 g/mol. The van der Waals surface area contributed by atoms with E-state index in [1.165, 1.54) is 12.1 Å². The zero-order valence-corrected chi connectivity index (χ0v) is 22.3. The molecule has 0 aliphatic heterocycles. The Labute approximate surface area is 229 Å². The van der Waals surface area contributed by atoms with Crippen LogP contribution in [-0.4, -0.2) is 18.8 Å². The van der Waals surface area contributed by atoms with Crippen molar-refractivity contribution in [2.24, 2.45) is 20.5 Å². The third kappa shape index (κ3) is 6.43. The summed E-state index contributed by atoms with van der Waals surface area (Å²) in [5.41, 5.74) is -3.90. The topological polar surface area (TPSA) is 52.7 Å². The first-order valence-electron chi connectivity index (χ1n) is 12.1. The Balaban J connectivity index is 1.95. The Morgan fingerprint density at radius 3 is 1.38 bits per heavy atom. The lowest BCUT2D eigenvalue weighted by Gasteiger charge is -2.20. The fourth-order valence-corrected chi connectivity index (χ4v) is 4.51. The summed E-state index contributed by atoms with van der Waals surface area (Å²) in [5, 5.41) is 12.5. The van der Waals surface area contributed by atoms with Crippen LogP contribution in [0.4, 0.5) is 63.6 Å². The normalized spacial score (nSPS) is 11.8. The van der Waals surface area contributed by atoms with Crippen LogP contribution in [0.25, 0.3) is 0 Å². The van der Waals surface area contributed by atoms with Gasteiger partial charge in [0.1, 0.15) is 0 Å². The molecule has 0 spiro atoms. The third-order valence-electron chi connectivity index (χ3n) is 5.66. The van der Waals surface area contributed by atoms with Crippen molar-refractivity contribution in [3.63, 3.8) is 0 Å². The molecule has 0 atom stereocenters. The molecular weight excluding hydrogens is 566 g/mol. The van der Waals surface area contributed by atoms with Crippen LogP contribution in [-0.2, 0) is 0 Å². The molecule has 3 aromatic rings. The van der Waals surface area contributed by atoms with Crippen molar-refractivity contribution in [3.05, 3.63) is 70.8 Å². The van der Waals surface area contributed by atoms with Crippen molar-refractivity contribution >= 4 is 40.2 Å². The van der Waals surface area contributed by atoms with Gasteiger partial charge in [0.15, 0.2) is 63.6 Å². The summed E-state index contributed by atoms with van der Waals surface area (Å²) in [6, 6.07) is 6.27. The summed E-state index contributed by atoms with van der Waals surface area (Å²) >= 11 is 0.524. The van der Waals surface area contributed by atoms with E-state index >= 15 is 0 Å². The molecule has 0 aromatic heterocycles. The van der Waals surface area contributed by atoms with Gasteiger partial charge in [0.2, 0.25) is 0 Å². The van der Waals surface area contributed by atoms with Crippen molar-refractivity contribution in [2.75, 3.05) is 23.7 Å². The minimum atomic E-state index is -2.12. The van der Waals surface area contributed by atoms with E-state index in [9.17, 15) is 35.1 Å². The zero-order valence-electron chi connectivity index (χ0n) is 21.5. The Morgan fingerprint density at radius 2 is 0.975 bits per heavy atom. The number of benzene rings is 3. The van der Waals surface area contributed by atoms with E-state index in [0.717, 1.165) is 18.8 Å². The maximum Gasteiger partial charge on any atom is 0.191 e. The van der Waals surface area contributed by atoms with Crippen LogP contribution < -0.4 is 4.90 Å². The molecule has 0 saturated carbocycles. The highest BCUT2D eigenvalue weighted by molar-refractivity contribution is 7.99. The van der Waals surface area contributed by atoms with E-state index < -0.39 is 68.5 Å². The Kier molecular flexibility index (Phi) is 10.6. The van der Waals surface area contributed by atoms with Crippen molar-refractivity contribution in [3.8, 4) is 0 Å². The molecule has 214 valence electrons. The molecule has 0 amide bonds. The van der Waals surface area contributed by atoms with Gasteiger partial charge in [-0.2, -0.15) is 5.11 Å². The molecule has 3 rings (SSSR count). The molecule has 0 heterocycles. The number of hydrogen-bond acceptors (Lipinski definition) is 6. The quantitative estimate of drug-likeness (QED) is 0.0735. The molecule has 40 heavy (non-hydrogen) atoms. The summed E-state index contributed by atoms with van der Waals surface area (Å²) in [4.78, 5) is 1.06. The minimum Gasteiger partial charge on any atom is -0.372 e. The van der Waals surface area contributed by atoms with Crippen LogP contribution in [0.2, 0.25) is 0 Å². The number of thioether (sulfide) groups is 1. The number of halogens is 8. The molecule has 5 nitrogen and oxygen atoms in total. The van der Waals surface area contributed by atoms with Gasteiger partial charge in [-0.1, -0.05) is 13.3 Å². The van der Waals surface area contributed by atoms with E-state index in [4.69, 9.17) is 0 Å². The van der Waals surface area contributed by atoms with Crippen LogP contribution in [0.1, 0.15) is 33.6 Å². The van der Waals surface area contributed by atoms with Crippen LogP contribution >= 0.6 is 11.8 Å². The lowest BCUT2D eigenvalue weighted by Crippen LogP contribution is -2.21. The van der Waals surface area contributed by atoms with Gasteiger partial charge in [0, 0.05) is 18.8 Å². The summed E-state index contributed by atoms with van der Waals surface area (Å²) < 4.78 is 116. The molecule has 0 N–H and O–H groups in total. The molecule has 14 heteroatoms. The smallest absolute Gasteiger partial charge is 0.191 e. The van der Waals surface area contributed by atoms with E-state index in [1.807, 2.05) is 18.7 Å². The highest BCUT2D eigenvalue weighted by atomic mass is 32.2. The van der Waals surface area contributed by atoms with Crippen molar-refractivity contribution in [2.45, 2.75) is 38.5 Å². The number of nitrogens with zero attached hydrogens (tertiary/aromatic N) is 5. The van der Waals surface area contributed by atoms with Crippen LogP contribution in [0, 0.1) is 46.5 Å². The summed E-state index contributed by atoms with van der Waals surface area (Å²) in [5.74, 6) is -15.7. The molecule has 0 aliphatic carbocycles. The third-order valence-corrected chi connectivity index (χ3v) is 6.79. The van der Waals surface area contributed by atoms with Crippen molar-refractivity contribution < 1.29 is 35.1 Å². The molecular formula is C26H23F8N5S. The monoisotopic (exact) mass is 589 g/mol. The fourth-order valence-electron chi connectivity index (χ4n) is 3.44. The summed E-state index contributed by atoms with van der Waals surface area (Å²) in [6.45, 7) is 7.14. The molecule has 0 bridgehead atoms. The molecule has 3 aromatic carbocycles. The van der Waals surface area contributed by atoms with Crippen LogP contribution in [0.3, 0.4) is 0 Å². The maximum absolute atomic E-state index is 14.6. The van der Waals surface area contributed by atoms with E-state index in [-0.39, 0.29) is 11.4 Å². The Hall–Kier alpha value is -3.55. The zero-order chi connectivity index (χ0) is 29.6. The Morgan fingerprint density at radius 1 is 0.575 bits per heavy atom. The van der Waals surface area contributed by atoms with Gasteiger partial charge >= 0.3 is 0 Å². The van der Waals surface area contributed by atoms with E-state index in [0.29, 0.717) is 24.6 Å². The second-order valence-corrected chi connectivity index (χ2v) is 9.28. The lowest BCUT2D eigenvalue weighted by atomic mass is 10.2. The number of hydrogen-bond donors (Lipinski definition) is 0. The predicted octanol–water partition coefficient (Wildman–Crippen LogP) is 10.4. The highest BCUT2D eigenvalue weighted by Crippen LogP contribution is 2.39. The predicted molar refractivity (Wildman–Crippen MR) is 137 cm³/mol. The van der Waals surface area contributed by atoms with Crippen molar-refractivity contribution in [1.82, 2.24) is 0 Å². The second-order valence-electron chi connectivity index (χ2n) is 8.18. The summed E-state index contributed by atoms with van der Waals surface area (Å²) in [6.07, 6.45) is 1.16. The standard InChI is InChI=1S/C26H23F8N5S/c1-4-7-12-40-26-21(33)19(31)25(20(32)22(26)34)38-37-24-17(29)15(27)23(16(28)18(24)30)36-35-13-8-10-14(11-9-13)39(5-2)6-3/h8-11H,4-7,12H2,1-3H3. The van der Waals surface area contributed by atoms with Gasteiger partial charge in [0.05, 0.1) is 10.6 Å². The summed E-state index contributed by atoms with van der Waals surface area (Å²) in [7, 11) is 0. The average Bonchev–Trinajstić information content (AvgIpc) is 2.95. The second kappa shape index (κ2) is 13.7. The van der Waals surface area contributed by atoms with Crippen molar-refractivity contribution in [1.29, 1.82) is 0 Å². The van der Waals surface area contributed by atoms with Gasteiger partial charge in [-0.25, -0.2) is 35.1 Å². The van der Waals surface area contributed by atoms with Crippen LogP contribution in [0.15, 0.2) is 49.6 Å². The van der Waals surface area contributed by atoms with Gasteiger partial charge in [-0.15, -0.1) is 27.1 Å². The van der Waals surface area contributed by atoms with Gasteiger partial charge < -0.3 is 4.90 Å². The molecule has 0 unspecified atom stereocenters. The maximum atomic E-state index is 14.6. The van der Waals surface area contributed by atoms with Gasteiger partial charge in [-0.3, -0.25) is 0 Å².